The first-order chi connectivity index (χ1) is 23.1. The maximum absolute atomic E-state index is 12.6. The smallest absolute Gasteiger partial charge is 0.457 e. The number of unbranched alkanes of at least 4 members (excludes halogenated alkanes) is 24. The standard InChI is InChI=1S/C39H80NO7P/c1-6-8-10-12-14-16-17-18-19-20-21-22-23-24-25-26-28-30-32-39(41)47-38(36-44-34-31-29-27-15-13-11-9-7-2)37-46-48(42,43)45-35-33-40(3,4)5/h38H,6-37H2,1-5H3/p+1. The van der Waals surface area contributed by atoms with E-state index < -0.39 is 13.9 Å². The summed E-state index contributed by atoms with van der Waals surface area (Å²) in [6.07, 6.45) is 32.7. The number of likely N-dealkylation sites (N-methyl/N-ethyl adjacent to an activating group) is 1. The van der Waals surface area contributed by atoms with Crippen LogP contribution >= 0.6 is 7.82 Å². The van der Waals surface area contributed by atoms with Crippen LogP contribution in [0.1, 0.15) is 187 Å². The Hall–Kier alpha value is -0.500. The van der Waals surface area contributed by atoms with Gasteiger partial charge in [-0.1, -0.05) is 168 Å². The lowest BCUT2D eigenvalue weighted by Crippen LogP contribution is -2.37. The minimum absolute atomic E-state index is 0.0933. The lowest BCUT2D eigenvalue weighted by molar-refractivity contribution is -0.870. The highest BCUT2D eigenvalue weighted by Gasteiger charge is 2.26. The molecule has 0 aliphatic rings. The van der Waals surface area contributed by atoms with Crippen LogP contribution in [0, 0.1) is 0 Å². The van der Waals surface area contributed by atoms with Gasteiger partial charge in [0.05, 0.1) is 34.4 Å². The number of phosphoric acid groups is 1. The van der Waals surface area contributed by atoms with Crippen molar-refractivity contribution in [3.63, 3.8) is 0 Å². The van der Waals surface area contributed by atoms with Gasteiger partial charge in [-0.15, -0.1) is 0 Å². The SMILES string of the molecule is CCCCCCCCCCCCCCCCCCCCC(=O)OC(COCCCCCCCCCC)COP(=O)(O)OCC[N+](C)(C)C. The first kappa shape index (κ1) is 47.5. The number of nitrogens with zero attached hydrogens (tertiary/aromatic N) is 1. The van der Waals surface area contributed by atoms with E-state index in [9.17, 15) is 14.3 Å². The summed E-state index contributed by atoms with van der Waals surface area (Å²) in [6, 6.07) is 0. The van der Waals surface area contributed by atoms with Crippen molar-refractivity contribution in [2.75, 3.05) is 54.1 Å². The van der Waals surface area contributed by atoms with Crippen LogP contribution in [0.4, 0.5) is 0 Å². The summed E-state index contributed by atoms with van der Waals surface area (Å²) in [4.78, 5) is 22.8. The topological polar surface area (TPSA) is 91.3 Å². The zero-order valence-corrected chi connectivity index (χ0v) is 33.4. The molecule has 2 atom stereocenters. The average molecular weight is 707 g/mol. The third kappa shape index (κ3) is 36.8. The zero-order valence-electron chi connectivity index (χ0n) is 32.5. The average Bonchev–Trinajstić information content (AvgIpc) is 3.03. The minimum atomic E-state index is -4.26. The van der Waals surface area contributed by atoms with Crippen molar-refractivity contribution in [1.29, 1.82) is 0 Å². The second-order valence-corrected chi connectivity index (χ2v) is 16.5. The number of hydrogen-bond donors (Lipinski definition) is 1. The molecule has 2 unspecified atom stereocenters. The van der Waals surface area contributed by atoms with Crippen molar-refractivity contribution >= 4 is 13.8 Å². The Labute approximate surface area is 298 Å². The summed E-state index contributed by atoms with van der Waals surface area (Å²) >= 11 is 0. The predicted octanol–water partition coefficient (Wildman–Crippen LogP) is 11.3. The van der Waals surface area contributed by atoms with Gasteiger partial charge in [0.1, 0.15) is 19.3 Å². The summed E-state index contributed by atoms with van der Waals surface area (Å²) in [5, 5.41) is 0. The Morgan fingerprint density at radius 2 is 0.958 bits per heavy atom. The van der Waals surface area contributed by atoms with E-state index >= 15 is 0 Å². The fourth-order valence-corrected chi connectivity index (χ4v) is 6.47. The van der Waals surface area contributed by atoms with Gasteiger partial charge in [-0.2, -0.15) is 0 Å². The Kier molecular flexibility index (Phi) is 33.3. The number of rotatable bonds is 38. The molecule has 0 amide bonds. The number of carbonyl (C=O) groups is 1. The normalized spacial score (nSPS) is 13.9. The van der Waals surface area contributed by atoms with Crippen LogP contribution in [0.25, 0.3) is 0 Å². The Balaban J connectivity index is 4.13. The third-order valence-corrected chi connectivity index (χ3v) is 9.90. The Morgan fingerprint density at radius 3 is 1.38 bits per heavy atom. The highest BCUT2D eigenvalue weighted by molar-refractivity contribution is 7.47. The van der Waals surface area contributed by atoms with E-state index in [0.717, 1.165) is 32.1 Å². The van der Waals surface area contributed by atoms with Crippen molar-refractivity contribution in [3.8, 4) is 0 Å². The van der Waals surface area contributed by atoms with Crippen molar-refractivity contribution in [3.05, 3.63) is 0 Å². The molecule has 0 saturated heterocycles. The number of quaternary nitrogens is 1. The molecule has 9 heteroatoms. The highest BCUT2D eigenvalue weighted by atomic mass is 31.2. The lowest BCUT2D eigenvalue weighted by Gasteiger charge is -2.24. The molecule has 288 valence electrons. The van der Waals surface area contributed by atoms with Gasteiger partial charge in [0, 0.05) is 13.0 Å². The fraction of sp³-hybridized carbons (Fsp3) is 0.974. The van der Waals surface area contributed by atoms with Gasteiger partial charge in [0.2, 0.25) is 0 Å². The number of phosphoric ester groups is 1. The molecule has 0 heterocycles. The third-order valence-electron chi connectivity index (χ3n) is 8.92. The maximum atomic E-state index is 12.6. The molecule has 0 bridgehead atoms. The zero-order chi connectivity index (χ0) is 35.6. The Bertz CT molecular complexity index is 746. The van der Waals surface area contributed by atoms with Gasteiger partial charge < -0.3 is 18.9 Å². The van der Waals surface area contributed by atoms with Crippen molar-refractivity contribution < 1.29 is 37.3 Å². The van der Waals surface area contributed by atoms with Crippen LogP contribution in [0.3, 0.4) is 0 Å². The van der Waals surface area contributed by atoms with Crippen LogP contribution in [0.15, 0.2) is 0 Å². The van der Waals surface area contributed by atoms with E-state index in [-0.39, 0.29) is 25.8 Å². The van der Waals surface area contributed by atoms with Gasteiger partial charge in [-0.05, 0) is 12.8 Å². The molecule has 0 aromatic rings. The minimum Gasteiger partial charge on any atom is -0.457 e. The first-order valence-electron chi connectivity index (χ1n) is 20.3. The van der Waals surface area contributed by atoms with E-state index in [1.54, 1.807) is 0 Å². The number of esters is 1. The quantitative estimate of drug-likeness (QED) is 0.0296. The molecule has 0 rings (SSSR count). The van der Waals surface area contributed by atoms with E-state index in [2.05, 4.69) is 13.8 Å². The van der Waals surface area contributed by atoms with Gasteiger partial charge in [-0.3, -0.25) is 13.8 Å². The molecular formula is C39H81NO7P+. The van der Waals surface area contributed by atoms with E-state index in [1.165, 1.54) is 135 Å². The molecule has 0 fully saturated rings. The number of ether oxygens (including phenoxy) is 2. The first-order valence-corrected chi connectivity index (χ1v) is 21.8. The second-order valence-electron chi connectivity index (χ2n) is 15.0. The van der Waals surface area contributed by atoms with Crippen molar-refractivity contribution in [2.45, 2.75) is 193 Å². The van der Waals surface area contributed by atoms with Crippen LogP contribution in [-0.4, -0.2) is 75.6 Å². The molecule has 1 N–H and O–H groups in total. The molecule has 0 aliphatic carbocycles. The molecule has 0 aliphatic heterocycles. The monoisotopic (exact) mass is 707 g/mol. The summed E-state index contributed by atoms with van der Waals surface area (Å²) in [5.41, 5.74) is 0. The Morgan fingerprint density at radius 1 is 0.562 bits per heavy atom. The summed E-state index contributed by atoms with van der Waals surface area (Å²) in [6.45, 7) is 5.64. The van der Waals surface area contributed by atoms with Crippen LogP contribution in [0.5, 0.6) is 0 Å². The van der Waals surface area contributed by atoms with E-state index in [0.29, 0.717) is 24.1 Å². The molecule has 0 spiro atoms. The van der Waals surface area contributed by atoms with Crippen molar-refractivity contribution in [2.24, 2.45) is 0 Å². The molecule has 48 heavy (non-hydrogen) atoms. The lowest BCUT2D eigenvalue weighted by atomic mass is 10.0. The van der Waals surface area contributed by atoms with Gasteiger partial charge in [0.25, 0.3) is 0 Å². The molecule has 0 aromatic carbocycles. The largest absolute Gasteiger partial charge is 0.472 e. The number of carbonyl (C=O) groups excluding carboxylic acids is 1. The van der Waals surface area contributed by atoms with Crippen LogP contribution in [-0.2, 0) is 27.9 Å². The fourth-order valence-electron chi connectivity index (χ4n) is 5.73. The van der Waals surface area contributed by atoms with Gasteiger partial charge in [0.15, 0.2) is 0 Å². The van der Waals surface area contributed by atoms with Gasteiger partial charge >= 0.3 is 13.8 Å². The van der Waals surface area contributed by atoms with Crippen LogP contribution in [0.2, 0.25) is 0 Å². The molecular weight excluding hydrogens is 625 g/mol. The highest BCUT2D eigenvalue weighted by Crippen LogP contribution is 2.43. The molecule has 0 radical (unpaired) electrons. The second kappa shape index (κ2) is 33.6. The molecule has 8 nitrogen and oxygen atoms in total. The van der Waals surface area contributed by atoms with Crippen LogP contribution < -0.4 is 0 Å². The van der Waals surface area contributed by atoms with Gasteiger partial charge in [-0.25, -0.2) is 4.57 Å². The maximum Gasteiger partial charge on any atom is 0.472 e. The molecule has 0 aromatic heterocycles. The predicted molar refractivity (Wildman–Crippen MR) is 201 cm³/mol. The summed E-state index contributed by atoms with van der Waals surface area (Å²) in [5.74, 6) is -0.311. The summed E-state index contributed by atoms with van der Waals surface area (Å²) < 4.78 is 34.8. The number of hydrogen-bond acceptors (Lipinski definition) is 6. The van der Waals surface area contributed by atoms with E-state index in [4.69, 9.17) is 18.5 Å². The summed E-state index contributed by atoms with van der Waals surface area (Å²) in [7, 11) is 1.68. The van der Waals surface area contributed by atoms with Crippen molar-refractivity contribution in [1.82, 2.24) is 0 Å². The van der Waals surface area contributed by atoms with E-state index in [1.807, 2.05) is 21.1 Å². The molecule has 0 saturated carbocycles.